The van der Waals surface area contributed by atoms with Crippen molar-refractivity contribution in [2.75, 3.05) is 0 Å². The lowest BCUT2D eigenvalue weighted by molar-refractivity contribution is -0.111. The molecule has 2 aliphatic rings. The minimum absolute atomic E-state index is 0.361. The molecule has 2 bridgehead atoms. The predicted molar refractivity (Wildman–Crippen MR) is 34.9 cm³/mol. The molecule has 1 heteroatoms. The highest BCUT2D eigenvalue weighted by atomic mass is 16.1. The van der Waals surface area contributed by atoms with Crippen LogP contribution in [0, 0.1) is 17.8 Å². The number of carbonyl (C=O) groups is 1. The fraction of sp³-hybridized carbons (Fsp3) is 0.625. The zero-order valence-electron chi connectivity index (χ0n) is 5.29. The first kappa shape index (κ1) is 5.21. The van der Waals surface area contributed by atoms with E-state index in [-0.39, 0.29) is 0 Å². The van der Waals surface area contributed by atoms with E-state index >= 15 is 0 Å². The maximum Gasteiger partial charge on any atom is 0.123 e. The second-order valence-corrected chi connectivity index (χ2v) is 3.08. The lowest BCUT2D eigenvalue weighted by Gasteiger charge is -2.08. The van der Waals surface area contributed by atoms with Crippen molar-refractivity contribution in [2.45, 2.75) is 12.8 Å². The summed E-state index contributed by atoms with van der Waals surface area (Å²) in [6.45, 7) is 0. The van der Waals surface area contributed by atoms with E-state index in [1.807, 2.05) is 0 Å². The van der Waals surface area contributed by atoms with Crippen LogP contribution in [0.15, 0.2) is 12.2 Å². The summed E-state index contributed by atoms with van der Waals surface area (Å²) in [6, 6.07) is 0. The van der Waals surface area contributed by atoms with E-state index in [9.17, 15) is 4.79 Å². The van der Waals surface area contributed by atoms with Crippen LogP contribution in [0.3, 0.4) is 0 Å². The van der Waals surface area contributed by atoms with Gasteiger partial charge in [-0.2, -0.15) is 0 Å². The zero-order chi connectivity index (χ0) is 6.27. The highest BCUT2D eigenvalue weighted by molar-refractivity contribution is 5.56. The van der Waals surface area contributed by atoms with Crippen LogP contribution in [0.4, 0.5) is 0 Å². The summed E-state index contributed by atoms with van der Waals surface area (Å²) in [5.74, 6) is 1.71. The molecule has 0 saturated heterocycles. The van der Waals surface area contributed by atoms with Crippen LogP contribution in [-0.4, -0.2) is 6.29 Å². The van der Waals surface area contributed by atoms with Crippen molar-refractivity contribution >= 4 is 6.29 Å². The molecule has 0 aliphatic heterocycles. The lowest BCUT2D eigenvalue weighted by Crippen LogP contribution is -2.07. The molecule has 9 heavy (non-hydrogen) atoms. The topological polar surface area (TPSA) is 17.1 Å². The Bertz CT molecular complexity index is 160. The molecule has 0 amide bonds. The lowest BCUT2D eigenvalue weighted by atomic mass is 9.95. The second-order valence-electron chi connectivity index (χ2n) is 3.08. The highest BCUT2D eigenvalue weighted by Crippen LogP contribution is 2.42. The largest absolute Gasteiger partial charge is 0.303 e. The Hall–Kier alpha value is -0.590. The number of hydrogen-bond donors (Lipinski definition) is 0. The molecule has 0 aromatic heterocycles. The van der Waals surface area contributed by atoms with Gasteiger partial charge in [-0.25, -0.2) is 0 Å². The summed E-state index contributed by atoms with van der Waals surface area (Å²) >= 11 is 0. The van der Waals surface area contributed by atoms with Gasteiger partial charge >= 0.3 is 0 Å². The Labute approximate surface area is 54.8 Å². The minimum Gasteiger partial charge on any atom is -0.303 e. The predicted octanol–water partition coefficient (Wildman–Crippen LogP) is 1.40. The van der Waals surface area contributed by atoms with Crippen LogP contribution in [-0.2, 0) is 4.79 Å². The number of fused-ring (bicyclic) bond motifs is 2. The quantitative estimate of drug-likeness (QED) is 0.379. The molecule has 0 spiro atoms. The number of allylic oxidation sites excluding steroid dienone is 2. The molecule has 1 nitrogen and oxygen atoms in total. The maximum atomic E-state index is 10.4. The number of hydrogen-bond acceptors (Lipinski definition) is 1. The summed E-state index contributed by atoms with van der Waals surface area (Å²) in [6.07, 6.45) is 7.93. The van der Waals surface area contributed by atoms with E-state index in [4.69, 9.17) is 0 Å². The van der Waals surface area contributed by atoms with Crippen molar-refractivity contribution in [2.24, 2.45) is 17.8 Å². The molecule has 0 N–H and O–H groups in total. The smallest absolute Gasteiger partial charge is 0.123 e. The van der Waals surface area contributed by atoms with Crippen LogP contribution in [0.25, 0.3) is 0 Å². The third-order valence-corrected chi connectivity index (χ3v) is 2.51. The van der Waals surface area contributed by atoms with Gasteiger partial charge in [-0.3, -0.25) is 0 Å². The molecule has 1 saturated carbocycles. The Kier molecular flexibility index (Phi) is 0.981. The second kappa shape index (κ2) is 1.69. The highest BCUT2D eigenvalue weighted by Gasteiger charge is 2.34. The number of rotatable bonds is 1. The van der Waals surface area contributed by atoms with E-state index in [1.165, 1.54) is 6.42 Å². The van der Waals surface area contributed by atoms with Crippen molar-refractivity contribution in [1.29, 1.82) is 0 Å². The maximum absolute atomic E-state index is 10.4. The summed E-state index contributed by atoms with van der Waals surface area (Å²) in [5, 5.41) is 0. The van der Waals surface area contributed by atoms with Gasteiger partial charge in [-0.05, 0) is 24.7 Å². The van der Waals surface area contributed by atoms with Gasteiger partial charge in [-0.1, -0.05) is 12.2 Å². The van der Waals surface area contributed by atoms with Crippen molar-refractivity contribution < 1.29 is 4.79 Å². The number of carbonyl (C=O) groups excluding carboxylic acids is 1. The van der Waals surface area contributed by atoms with Gasteiger partial charge in [0.2, 0.25) is 0 Å². The summed E-state index contributed by atoms with van der Waals surface area (Å²) in [7, 11) is 0. The van der Waals surface area contributed by atoms with Gasteiger partial charge in [0.05, 0.1) is 0 Å². The SMILES string of the molecule is O=CC1C[C@@H]2C=C[C@@H]1C2. The molecule has 0 aromatic rings. The Morgan fingerprint density at radius 3 is 2.56 bits per heavy atom. The van der Waals surface area contributed by atoms with Crippen molar-refractivity contribution in [3.8, 4) is 0 Å². The van der Waals surface area contributed by atoms with E-state index in [0.717, 1.165) is 18.6 Å². The monoisotopic (exact) mass is 122 g/mol. The molecular formula is C8H10O. The van der Waals surface area contributed by atoms with E-state index < -0.39 is 0 Å². The molecule has 0 aromatic carbocycles. The molecular weight excluding hydrogens is 112 g/mol. The average Bonchev–Trinajstić information content (AvgIpc) is 2.45. The van der Waals surface area contributed by atoms with E-state index in [1.54, 1.807) is 0 Å². The standard InChI is InChI=1S/C8H10O/c9-5-8-4-6-1-2-7(8)3-6/h1-2,5-8H,3-4H2/t6-,7-,8?/m1/s1. The summed E-state index contributed by atoms with van der Waals surface area (Å²) in [5.41, 5.74) is 0. The molecule has 3 atom stereocenters. The van der Waals surface area contributed by atoms with Gasteiger partial charge in [0, 0.05) is 5.92 Å². The fourth-order valence-electron chi connectivity index (χ4n) is 1.98. The van der Waals surface area contributed by atoms with Gasteiger partial charge in [0.1, 0.15) is 6.29 Å². The third kappa shape index (κ3) is 0.640. The first-order valence-corrected chi connectivity index (χ1v) is 3.54. The summed E-state index contributed by atoms with van der Waals surface area (Å²) < 4.78 is 0. The Morgan fingerprint density at radius 1 is 1.33 bits per heavy atom. The molecule has 1 fully saturated rings. The van der Waals surface area contributed by atoms with Gasteiger partial charge in [-0.15, -0.1) is 0 Å². The Morgan fingerprint density at radius 2 is 2.22 bits per heavy atom. The molecule has 2 aliphatic carbocycles. The molecule has 1 unspecified atom stereocenters. The molecule has 48 valence electrons. The first-order valence-electron chi connectivity index (χ1n) is 3.54. The van der Waals surface area contributed by atoms with Crippen molar-refractivity contribution in [3.05, 3.63) is 12.2 Å². The van der Waals surface area contributed by atoms with E-state index in [2.05, 4.69) is 12.2 Å². The summed E-state index contributed by atoms with van der Waals surface area (Å²) in [4.78, 5) is 10.4. The molecule has 0 heterocycles. The van der Waals surface area contributed by atoms with Gasteiger partial charge < -0.3 is 4.79 Å². The van der Waals surface area contributed by atoms with Gasteiger partial charge in [0.15, 0.2) is 0 Å². The average molecular weight is 122 g/mol. The van der Waals surface area contributed by atoms with Crippen LogP contribution < -0.4 is 0 Å². The Balaban J connectivity index is 2.19. The molecule has 0 radical (unpaired) electrons. The van der Waals surface area contributed by atoms with Crippen LogP contribution >= 0.6 is 0 Å². The van der Waals surface area contributed by atoms with Gasteiger partial charge in [0.25, 0.3) is 0 Å². The molecule has 2 rings (SSSR count). The zero-order valence-corrected chi connectivity index (χ0v) is 5.29. The van der Waals surface area contributed by atoms with Crippen molar-refractivity contribution in [3.63, 3.8) is 0 Å². The van der Waals surface area contributed by atoms with Crippen molar-refractivity contribution in [1.82, 2.24) is 0 Å². The van der Waals surface area contributed by atoms with Crippen LogP contribution in [0.1, 0.15) is 12.8 Å². The fourth-order valence-corrected chi connectivity index (χ4v) is 1.98. The normalized spacial score (nSPS) is 46.0. The van der Waals surface area contributed by atoms with Crippen LogP contribution in [0.5, 0.6) is 0 Å². The first-order chi connectivity index (χ1) is 4.40. The number of aldehydes is 1. The third-order valence-electron chi connectivity index (χ3n) is 2.51. The van der Waals surface area contributed by atoms with Crippen LogP contribution in [0.2, 0.25) is 0 Å². The van der Waals surface area contributed by atoms with E-state index in [0.29, 0.717) is 11.8 Å². The minimum atomic E-state index is 0.361.